The molecule has 0 saturated carbocycles. The molecule has 0 atom stereocenters. The van der Waals surface area contributed by atoms with Gasteiger partial charge in [0.1, 0.15) is 0 Å². The van der Waals surface area contributed by atoms with Crippen molar-refractivity contribution in [3.05, 3.63) is 0 Å². The van der Waals surface area contributed by atoms with Crippen molar-refractivity contribution >= 4 is 11.8 Å². The Bertz CT molecular complexity index is 90.7. The molecule has 0 aromatic carbocycles. The van der Waals surface area contributed by atoms with E-state index >= 15 is 0 Å². The highest BCUT2D eigenvalue weighted by Crippen LogP contribution is 2.38. The maximum Gasteiger partial charge on any atom is 0.00508 e. The van der Waals surface area contributed by atoms with Crippen LogP contribution in [0.15, 0.2) is 0 Å². The Kier molecular flexibility index (Phi) is 1.05. The van der Waals surface area contributed by atoms with Gasteiger partial charge in [-0.05, 0) is 12.2 Å². The van der Waals surface area contributed by atoms with Crippen molar-refractivity contribution in [3.8, 4) is 0 Å². The molecule has 0 aliphatic carbocycles. The van der Waals surface area contributed by atoms with Gasteiger partial charge >= 0.3 is 0 Å². The van der Waals surface area contributed by atoms with E-state index in [0.717, 1.165) is 5.41 Å². The molecular weight excluding hydrogens is 118 g/mol. The van der Waals surface area contributed by atoms with Crippen LogP contribution in [0.3, 0.4) is 0 Å². The quantitative estimate of drug-likeness (QED) is 0.517. The molecule has 1 nitrogen and oxygen atoms in total. The Labute approximate surface area is 54.2 Å². The lowest BCUT2D eigenvalue weighted by atomic mass is 9.82. The van der Waals surface area contributed by atoms with Crippen molar-refractivity contribution in [2.75, 3.05) is 24.6 Å². The molecule has 1 spiro atoms. The molecule has 0 radical (unpaired) electrons. The molecule has 0 aromatic heterocycles. The van der Waals surface area contributed by atoms with E-state index in [1.165, 1.54) is 31.0 Å². The summed E-state index contributed by atoms with van der Waals surface area (Å²) in [5.41, 5.74) is 0.769. The Morgan fingerprint density at radius 2 is 2.25 bits per heavy atom. The summed E-state index contributed by atoms with van der Waals surface area (Å²) in [5.74, 6) is 2.82. The molecule has 2 heteroatoms. The third-order valence-corrected chi connectivity index (χ3v) is 3.49. The largest absolute Gasteiger partial charge is 0.315 e. The number of hydrogen-bond acceptors (Lipinski definition) is 2. The van der Waals surface area contributed by atoms with Crippen LogP contribution < -0.4 is 5.32 Å². The zero-order chi connectivity index (χ0) is 5.45. The molecule has 46 valence electrons. The Hall–Kier alpha value is 0.310. The van der Waals surface area contributed by atoms with E-state index < -0.39 is 0 Å². The summed E-state index contributed by atoms with van der Waals surface area (Å²) in [6.07, 6.45) is 1.46. The minimum Gasteiger partial charge on any atom is -0.315 e. The van der Waals surface area contributed by atoms with Gasteiger partial charge in [0, 0.05) is 24.3 Å². The fourth-order valence-electron chi connectivity index (χ4n) is 1.41. The predicted octanol–water partition coefficient (Wildman–Crippen LogP) is 0.713. The van der Waals surface area contributed by atoms with Crippen LogP contribution in [-0.2, 0) is 0 Å². The summed E-state index contributed by atoms with van der Waals surface area (Å²) >= 11 is 2.12. The summed E-state index contributed by atoms with van der Waals surface area (Å²) < 4.78 is 0. The van der Waals surface area contributed by atoms with Crippen LogP contribution in [-0.4, -0.2) is 24.6 Å². The highest BCUT2D eigenvalue weighted by atomic mass is 32.2. The lowest BCUT2D eigenvalue weighted by molar-refractivity contribution is 0.206. The SMILES string of the molecule is C1CC2(CNC2)CS1. The van der Waals surface area contributed by atoms with Gasteiger partial charge in [0.15, 0.2) is 0 Å². The van der Waals surface area contributed by atoms with Crippen LogP contribution in [0.25, 0.3) is 0 Å². The molecule has 2 fully saturated rings. The van der Waals surface area contributed by atoms with Crippen LogP contribution in [0, 0.1) is 5.41 Å². The summed E-state index contributed by atoms with van der Waals surface area (Å²) in [7, 11) is 0. The summed E-state index contributed by atoms with van der Waals surface area (Å²) in [5, 5.41) is 3.33. The average Bonchev–Trinajstić information content (AvgIpc) is 2.07. The third kappa shape index (κ3) is 0.594. The Morgan fingerprint density at radius 1 is 1.38 bits per heavy atom. The standard InChI is InChI=1S/C6H11NS/c1-2-8-5-6(1)3-7-4-6/h7H,1-5H2. The van der Waals surface area contributed by atoms with Gasteiger partial charge in [-0.25, -0.2) is 0 Å². The van der Waals surface area contributed by atoms with Gasteiger partial charge in [0.2, 0.25) is 0 Å². The van der Waals surface area contributed by atoms with E-state index in [9.17, 15) is 0 Å². The van der Waals surface area contributed by atoms with Gasteiger partial charge in [0.25, 0.3) is 0 Å². The lowest BCUT2D eigenvalue weighted by Crippen LogP contribution is -2.53. The first-order chi connectivity index (χ1) is 3.91. The van der Waals surface area contributed by atoms with Gasteiger partial charge in [0.05, 0.1) is 0 Å². The first-order valence-electron chi connectivity index (χ1n) is 3.20. The second kappa shape index (κ2) is 1.64. The molecular formula is C6H11NS. The molecule has 8 heavy (non-hydrogen) atoms. The topological polar surface area (TPSA) is 12.0 Å². The maximum atomic E-state index is 3.33. The zero-order valence-electron chi connectivity index (χ0n) is 4.94. The molecule has 0 aromatic rings. The molecule has 1 N–H and O–H groups in total. The van der Waals surface area contributed by atoms with Crippen LogP contribution in [0.4, 0.5) is 0 Å². The number of rotatable bonds is 0. The lowest BCUT2D eigenvalue weighted by Gasteiger charge is -2.38. The Morgan fingerprint density at radius 3 is 2.50 bits per heavy atom. The minimum atomic E-state index is 0.769. The van der Waals surface area contributed by atoms with Gasteiger partial charge < -0.3 is 5.32 Å². The average molecular weight is 129 g/mol. The normalized spacial score (nSPS) is 33.0. The monoisotopic (exact) mass is 129 g/mol. The van der Waals surface area contributed by atoms with E-state index in [0.29, 0.717) is 0 Å². The molecule has 2 saturated heterocycles. The second-order valence-electron chi connectivity index (χ2n) is 2.91. The minimum absolute atomic E-state index is 0.769. The van der Waals surface area contributed by atoms with Gasteiger partial charge in [-0.3, -0.25) is 0 Å². The molecule has 0 bridgehead atoms. The number of hydrogen-bond donors (Lipinski definition) is 1. The predicted molar refractivity (Wildman–Crippen MR) is 37.2 cm³/mol. The Balaban J connectivity index is 2.01. The number of thioether (sulfide) groups is 1. The van der Waals surface area contributed by atoms with Crippen molar-refractivity contribution in [1.29, 1.82) is 0 Å². The molecule has 2 heterocycles. The highest BCUT2D eigenvalue weighted by Gasteiger charge is 2.39. The fraction of sp³-hybridized carbons (Fsp3) is 1.00. The van der Waals surface area contributed by atoms with Crippen molar-refractivity contribution in [2.24, 2.45) is 5.41 Å². The molecule has 2 aliphatic rings. The van der Waals surface area contributed by atoms with Crippen LogP contribution in [0.5, 0.6) is 0 Å². The zero-order valence-corrected chi connectivity index (χ0v) is 5.76. The molecule has 2 rings (SSSR count). The van der Waals surface area contributed by atoms with Gasteiger partial charge in [-0.1, -0.05) is 0 Å². The second-order valence-corrected chi connectivity index (χ2v) is 4.01. The van der Waals surface area contributed by atoms with Gasteiger partial charge in [-0.2, -0.15) is 11.8 Å². The van der Waals surface area contributed by atoms with E-state index in [1.807, 2.05) is 0 Å². The first kappa shape index (κ1) is 5.12. The maximum absolute atomic E-state index is 3.33. The van der Waals surface area contributed by atoms with Crippen molar-refractivity contribution < 1.29 is 0 Å². The number of nitrogens with one attached hydrogen (secondary N) is 1. The van der Waals surface area contributed by atoms with Gasteiger partial charge in [-0.15, -0.1) is 0 Å². The third-order valence-electron chi connectivity index (χ3n) is 2.18. The van der Waals surface area contributed by atoms with Crippen molar-refractivity contribution in [1.82, 2.24) is 5.32 Å². The van der Waals surface area contributed by atoms with Crippen molar-refractivity contribution in [2.45, 2.75) is 6.42 Å². The van der Waals surface area contributed by atoms with E-state index in [2.05, 4.69) is 17.1 Å². The summed E-state index contributed by atoms with van der Waals surface area (Å²) in [6, 6.07) is 0. The summed E-state index contributed by atoms with van der Waals surface area (Å²) in [6.45, 7) is 2.58. The van der Waals surface area contributed by atoms with Crippen LogP contribution >= 0.6 is 11.8 Å². The van der Waals surface area contributed by atoms with Crippen LogP contribution in [0.2, 0.25) is 0 Å². The smallest absolute Gasteiger partial charge is 0.00508 e. The van der Waals surface area contributed by atoms with Crippen molar-refractivity contribution in [3.63, 3.8) is 0 Å². The summed E-state index contributed by atoms with van der Waals surface area (Å²) in [4.78, 5) is 0. The fourth-order valence-corrected chi connectivity index (χ4v) is 2.91. The highest BCUT2D eigenvalue weighted by molar-refractivity contribution is 7.99. The molecule has 2 aliphatic heterocycles. The van der Waals surface area contributed by atoms with Crippen LogP contribution in [0.1, 0.15) is 6.42 Å². The molecule has 0 amide bonds. The first-order valence-corrected chi connectivity index (χ1v) is 4.35. The van der Waals surface area contributed by atoms with E-state index in [-0.39, 0.29) is 0 Å². The van der Waals surface area contributed by atoms with E-state index in [1.54, 1.807) is 0 Å². The van der Waals surface area contributed by atoms with E-state index in [4.69, 9.17) is 0 Å². The molecule has 0 unspecified atom stereocenters.